The number of hydrogen-bond acceptors (Lipinski definition) is 2. The minimum atomic E-state index is -1.80. The van der Waals surface area contributed by atoms with Crippen LogP contribution in [0.1, 0.15) is 49.8 Å². The Hall–Kier alpha value is -0.740. The fourth-order valence-corrected chi connectivity index (χ4v) is 2.45. The molecule has 0 saturated heterocycles. The summed E-state index contributed by atoms with van der Waals surface area (Å²) in [7, 11) is 0. The maximum atomic E-state index is 11.2. The number of rotatable bonds is 7. The number of unbranched alkanes of at least 4 members (excludes halogenated alkanes) is 3. The third-order valence-electron chi connectivity index (χ3n) is 2.62. The van der Waals surface area contributed by atoms with Gasteiger partial charge in [-0.3, -0.25) is 4.98 Å². The van der Waals surface area contributed by atoms with Gasteiger partial charge in [0.15, 0.2) is 11.1 Å². The van der Waals surface area contributed by atoms with E-state index in [-0.39, 0.29) is 5.25 Å². The SMILES string of the molecule is CCCCCCC(c1cccnc1)S(=O)O. The van der Waals surface area contributed by atoms with Gasteiger partial charge in [0, 0.05) is 12.4 Å². The Labute approximate surface area is 99.6 Å². The van der Waals surface area contributed by atoms with Crippen LogP contribution in [0.25, 0.3) is 0 Å². The quantitative estimate of drug-likeness (QED) is 0.588. The Bertz CT molecular complexity index is 316. The Morgan fingerprint density at radius 3 is 2.81 bits per heavy atom. The molecule has 0 bridgehead atoms. The lowest BCUT2D eigenvalue weighted by atomic mass is 10.1. The van der Waals surface area contributed by atoms with Crippen molar-refractivity contribution in [3.63, 3.8) is 0 Å². The predicted octanol–water partition coefficient (Wildman–Crippen LogP) is 3.31. The van der Waals surface area contributed by atoms with Gasteiger partial charge < -0.3 is 4.55 Å². The molecule has 1 aromatic heterocycles. The van der Waals surface area contributed by atoms with E-state index >= 15 is 0 Å². The normalized spacial score (nSPS) is 14.6. The van der Waals surface area contributed by atoms with Crippen molar-refractivity contribution in [1.29, 1.82) is 0 Å². The molecule has 2 unspecified atom stereocenters. The monoisotopic (exact) mass is 241 g/mol. The smallest absolute Gasteiger partial charge is 0.160 e. The van der Waals surface area contributed by atoms with Crippen molar-refractivity contribution in [2.45, 2.75) is 44.3 Å². The topological polar surface area (TPSA) is 50.2 Å². The molecule has 0 fully saturated rings. The first kappa shape index (κ1) is 13.3. The maximum absolute atomic E-state index is 11.2. The molecule has 2 atom stereocenters. The van der Waals surface area contributed by atoms with Crippen LogP contribution >= 0.6 is 0 Å². The van der Waals surface area contributed by atoms with E-state index in [1.807, 2.05) is 6.07 Å². The van der Waals surface area contributed by atoms with Crippen LogP contribution in [0.15, 0.2) is 24.5 Å². The van der Waals surface area contributed by atoms with Crippen LogP contribution in [-0.2, 0) is 11.1 Å². The van der Waals surface area contributed by atoms with Crippen molar-refractivity contribution < 1.29 is 8.76 Å². The Morgan fingerprint density at radius 1 is 1.44 bits per heavy atom. The minimum absolute atomic E-state index is 0.287. The van der Waals surface area contributed by atoms with Crippen LogP contribution in [0.5, 0.6) is 0 Å². The third-order valence-corrected chi connectivity index (χ3v) is 3.61. The van der Waals surface area contributed by atoms with Gasteiger partial charge in [-0.05, 0) is 18.1 Å². The van der Waals surface area contributed by atoms with Crippen LogP contribution in [0, 0.1) is 0 Å². The molecule has 0 aliphatic carbocycles. The Morgan fingerprint density at radius 2 is 2.25 bits per heavy atom. The summed E-state index contributed by atoms with van der Waals surface area (Å²) in [4.78, 5) is 3.99. The van der Waals surface area contributed by atoms with Crippen LogP contribution < -0.4 is 0 Å². The van der Waals surface area contributed by atoms with Gasteiger partial charge in [0.1, 0.15) is 0 Å². The Balaban J connectivity index is 2.52. The second-order valence-corrected chi connectivity index (χ2v) is 5.02. The highest BCUT2D eigenvalue weighted by Crippen LogP contribution is 2.24. The van der Waals surface area contributed by atoms with Gasteiger partial charge in [0.2, 0.25) is 0 Å². The standard InChI is InChI=1S/C12H19NO2S/c1-2-3-4-5-8-12(16(14)15)11-7-6-9-13-10-11/h6-7,9-10,12H,2-5,8H2,1H3,(H,14,15). The minimum Gasteiger partial charge on any atom is -0.306 e. The molecule has 4 heteroatoms. The summed E-state index contributed by atoms with van der Waals surface area (Å²) >= 11 is -1.80. The van der Waals surface area contributed by atoms with Gasteiger partial charge in [0.05, 0.1) is 5.25 Å². The maximum Gasteiger partial charge on any atom is 0.160 e. The van der Waals surface area contributed by atoms with Crippen molar-refractivity contribution >= 4 is 11.1 Å². The summed E-state index contributed by atoms with van der Waals surface area (Å²) in [6.07, 6.45) is 8.62. The molecule has 0 saturated carbocycles. The fraction of sp³-hybridized carbons (Fsp3) is 0.583. The number of nitrogens with zero attached hydrogens (tertiary/aromatic N) is 1. The Kier molecular flexibility index (Phi) is 6.26. The van der Waals surface area contributed by atoms with E-state index in [2.05, 4.69) is 11.9 Å². The van der Waals surface area contributed by atoms with Gasteiger partial charge in [-0.25, -0.2) is 4.21 Å². The highest BCUT2D eigenvalue weighted by atomic mass is 32.2. The molecular formula is C12H19NO2S. The first-order valence-electron chi connectivity index (χ1n) is 5.75. The molecule has 1 rings (SSSR count). The molecule has 1 aromatic rings. The summed E-state index contributed by atoms with van der Waals surface area (Å²) in [6.45, 7) is 2.16. The average molecular weight is 241 g/mol. The molecule has 90 valence electrons. The summed E-state index contributed by atoms with van der Waals surface area (Å²) in [5.74, 6) is 0. The van der Waals surface area contributed by atoms with Gasteiger partial charge in [-0.1, -0.05) is 38.7 Å². The van der Waals surface area contributed by atoms with Crippen LogP contribution in [0.3, 0.4) is 0 Å². The van der Waals surface area contributed by atoms with Gasteiger partial charge in [-0.2, -0.15) is 0 Å². The number of aromatic nitrogens is 1. The molecule has 0 aromatic carbocycles. The second-order valence-electron chi connectivity index (χ2n) is 3.90. The molecule has 16 heavy (non-hydrogen) atoms. The van der Waals surface area contributed by atoms with E-state index in [9.17, 15) is 8.76 Å². The van der Waals surface area contributed by atoms with Gasteiger partial charge >= 0.3 is 0 Å². The molecule has 0 radical (unpaired) electrons. The lowest BCUT2D eigenvalue weighted by molar-refractivity contribution is 0.532. The molecule has 3 nitrogen and oxygen atoms in total. The van der Waals surface area contributed by atoms with Crippen LogP contribution in [0.4, 0.5) is 0 Å². The lowest BCUT2D eigenvalue weighted by Gasteiger charge is -2.12. The van der Waals surface area contributed by atoms with E-state index < -0.39 is 11.1 Å². The summed E-state index contributed by atoms with van der Waals surface area (Å²) < 4.78 is 20.5. The van der Waals surface area contributed by atoms with E-state index in [0.717, 1.165) is 24.8 Å². The summed E-state index contributed by atoms with van der Waals surface area (Å²) in [6, 6.07) is 3.67. The zero-order valence-electron chi connectivity index (χ0n) is 9.63. The van der Waals surface area contributed by atoms with E-state index in [1.54, 1.807) is 18.5 Å². The molecule has 0 aliphatic heterocycles. The highest BCUT2D eigenvalue weighted by molar-refractivity contribution is 7.79. The second kappa shape index (κ2) is 7.52. The van der Waals surface area contributed by atoms with E-state index in [0.29, 0.717) is 0 Å². The van der Waals surface area contributed by atoms with Gasteiger partial charge in [0.25, 0.3) is 0 Å². The zero-order chi connectivity index (χ0) is 11.8. The third kappa shape index (κ3) is 4.41. The first-order valence-corrected chi connectivity index (χ1v) is 6.92. The molecule has 1 N–H and O–H groups in total. The lowest BCUT2D eigenvalue weighted by Crippen LogP contribution is -2.06. The van der Waals surface area contributed by atoms with Crippen molar-refractivity contribution in [2.75, 3.05) is 0 Å². The van der Waals surface area contributed by atoms with Crippen molar-refractivity contribution in [2.24, 2.45) is 0 Å². The molecule has 0 aliphatic rings. The molecular weight excluding hydrogens is 222 g/mol. The molecule has 1 heterocycles. The van der Waals surface area contributed by atoms with Crippen molar-refractivity contribution in [3.8, 4) is 0 Å². The fourth-order valence-electron chi connectivity index (χ4n) is 1.71. The summed E-state index contributed by atoms with van der Waals surface area (Å²) in [5, 5.41) is -0.287. The first-order chi connectivity index (χ1) is 7.75. The number of hydrogen-bond donors (Lipinski definition) is 1. The zero-order valence-corrected chi connectivity index (χ0v) is 10.4. The predicted molar refractivity (Wildman–Crippen MR) is 66.5 cm³/mol. The van der Waals surface area contributed by atoms with Crippen LogP contribution in [-0.4, -0.2) is 13.7 Å². The average Bonchev–Trinajstić information content (AvgIpc) is 2.30. The van der Waals surface area contributed by atoms with E-state index in [1.165, 1.54) is 12.8 Å². The van der Waals surface area contributed by atoms with E-state index in [4.69, 9.17) is 0 Å². The van der Waals surface area contributed by atoms with Crippen molar-refractivity contribution in [1.82, 2.24) is 4.98 Å². The summed E-state index contributed by atoms with van der Waals surface area (Å²) in [5.41, 5.74) is 0.861. The molecule has 0 amide bonds. The number of pyridine rings is 1. The van der Waals surface area contributed by atoms with Crippen LogP contribution in [0.2, 0.25) is 0 Å². The largest absolute Gasteiger partial charge is 0.306 e. The van der Waals surface area contributed by atoms with Crippen molar-refractivity contribution in [3.05, 3.63) is 30.1 Å². The highest BCUT2D eigenvalue weighted by Gasteiger charge is 2.16. The van der Waals surface area contributed by atoms with Gasteiger partial charge in [-0.15, -0.1) is 0 Å². The molecule has 0 spiro atoms.